The zero-order valence-corrected chi connectivity index (χ0v) is 10.8. The molecular formula is C15H22N2. The maximum absolute atomic E-state index is 3.78. The van der Waals surface area contributed by atoms with Crippen molar-refractivity contribution in [2.75, 3.05) is 5.32 Å². The number of rotatable bonds is 2. The van der Waals surface area contributed by atoms with E-state index in [4.69, 9.17) is 0 Å². The molecule has 2 nitrogen and oxygen atoms in total. The second kappa shape index (κ2) is 4.34. The average Bonchev–Trinajstić information content (AvgIpc) is 2.64. The van der Waals surface area contributed by atoms with Gasteiger partial charge in [-0.2, -0.15) is 0 Å². The molecule has 0 radical (unpaired) electrons. The predicted octanol–water partition coefficient (Wildman–Crippen LogP) is 3.00. The van der Waals surface area contributed by atoms with Crippen molar-refractivity contribution < 1.29 is 0 Å². The summed E-state index contributed by atoms with van der Waals surface area (Å²) < 4.78 is 0. The summed E-state index contributed by atoms with van der Waals surface area (Å²) in [6, 6.07) is 8.72. The minimum absolute atomic E-state index is 0.661. The van der Waals surface area contributed by atoms with Gasteiger partial charge in [-0.1, -0.05) is 18.2 Å². The Hall–Kier alpha value is -1.02. The van der Waals surface area contributed by atoms with Crippen LogP contribution >= 0.6 is 0 Å². The Morgan fingerprint density at radius 3 is 2.24 bits per heavy atom. The van der Waals surface area contributed by atoms with Gasteiger partial charge in [-0.3, -0.25) is 0 Å². The number of benzene rings is 1. The molecule has 2 saturated heterocycles. The van der Waals surface area contributed by atoms with E-state index in [1.54, 1.807) is 0 Å². The fraction of sp³-hybridized carbons (Fsp3) is 0.600. The molecule has 2 unspecified atom stereocenters. The first-order valence-corrected chi connectivity index (χ1v) is 6.81. The summed E-state index contributed by atoms with van der Waals surface area (Å²) in [5, 5.41) is 7.47. The molecule has 2 atom stereocenters. The van der Waals surface area contributed by atoms with E-state index in [9.17, 15) is 0 Å². The molecular weight excluding hydrogens is 208 g/mol. The lowest BCUT2D eigenvalue weighted by molar-refractivity contribution is 0.378. The van der Waals surface area contributed by atoms with E-state index < -0.39 is 0 Å². The van der Waals surface area contributed by atoms with Gasteiger partial charge < -0.3 is 10.6 Å². The summed E-state index contributed by atoms with van der Waals surface area (Å²) in [6.07, 6.45) is 5.31. The highest BCUT2D eigenvalue weighted by molar-refractivity contribution is 5.57. The minimum atomic E-state index is 0.661. The van der Waals surface area contributed by atoms with E-state index in [0.717, 1.165) is 12.1 Å². The maximum Gasteiger partial charge on any atom is 0.0401 e. The van der Waals surface area contributed by atoms with Gasteiger partial charge in [0, 0.05) is 23.8 Å². The monoisotopic (exact) mass is 230 g/mol. The second-order valence-electron chi connectivity index (χ2n) is 5.72. The molecule has 1 aromatic rings. The zero-order chi connectivity index (χ0) is 11.8. The highest BCUT2D eigenvalue weighted by Crippen LogP contribution is 2.30. The number of fused-ring (bicyclic) bond motifs is 2. The molecule has 0 spiro atoms. The number of hydrogen-bond donors (Lipinski definition) is 2. The number of anilines is 1. The van der Waals surface area contributed by atoms with Gasteiger partial charge in [0.1, 0.15) is 0 Å². The molecule has 2 heterocycles. The third-order valence-electron chi connectivity index (χ3n) is 4.30. The largest absolute Gasteiger partial charge is 0.382 e. The lowest BCUT2D eigenvalue weighted by atomic mass is 9.98. The minimum Gasteiger partial charge on any atom is -0.382 e. The van der Waals surface area contributed by atoms with Crippen LogP contribution in [-0.4, -0.2) is 18.1 Å². The highest BCUT2D eigenvalue weighted by Gasteiger charge is 2.33. The van der Waals surface area contributed by atoms with Crippen molar-refractivity contribution in [3.8, 4) is 0 Å². The Kier molecular flexibility index (Phi) is 2.83. The Balaban J connectivity index is 1.74. The fourth-order valence-electron chi connectivity index (χ4n) is 3.42. The first-order chi connectivity index (χ1) is 8.22. The number of hydrogen-bond acceptors (Lipinski definition) is 2. The van der Waals surface area contributed by atoms with Crippen LogP contribution in [0.25, 0.3) is 0 Å². The molecule has 1 aromatic carbocycles. The van der Waals surface area contributed by atoms with E-state index in [1.165, 1.54) is 42.5 Å². The van der Waals surface area contributed by atoms with Crippen molar-refractivity contribution in [3.63, 3.8) is 0 Å². The molecule has 2 aliphatic rings. The summed E-state index contributed by atoms with van der Waals surface area (Å²) in [5.74, 6) is 0. The molecule has 0 aliphatic carbocycles. The Labute approximate surface area is 104 Å². The van der Waals surface area contributed by atoms with Crippen LogP contribution in [0, 0.1) is 13.8 Å². The normalized spacial score (nSPS) is 31.5. The highest BCUT2D eigenvalue weighted by atomic mass is 15.0. The number of piperidine rings is 1. The smallest absolute Gasteiger partial charge is 0.0401 e. The first kappa shape index (κ1) is 11.1. The van der Waals surface area contributed by atoms with Crippen molar-refractivity contribution in [2.24, 2.45) is 0 Å². The van der Waals surface area contributed by atoms with Crippen molar-refractivity contribution in [1.29, 1.82) is 0 Å². The van der Waals surface area contributed by atoms with Crippen molar-refractivity contribution in [1.82, 2.24) is 5.32 Å². The zero-order valence-electron chi connectivity index (χ0n) is 10.8. The van der Waals surface area contributed by atoms with Crippen LogP contribution in [0.15, 0.2) is 18.2 Å². The fourth-order valence-corrected chi connectivity index (χ4v) is 3.42. The molecule has 0 amide bonds. The van der Waals surface area contributed by atoms with E-state index in [2.05, 4.69) is 42.7 Å². The van der Waals surface area contributed by atoms with Crippen LogP contribution < -0.4 is 10.6 Å². The van der Waals surface area contributed by atoms with Crippen LogP contribution in [-0.2, 0) is 0 Å². The molecule has 92 valence electrons. The van der Waals surface area contributed by atoms with Gasteiger partial charge in [-0.15, -0.1) is 0 Å². The Morgan fingerprint density at radius 1 is 1.06 bits per heavy atom. The van der Waals surface area contributed by atoms with Crippen LogP contribution in [0.3, 0.4) is 0 Å². The van der Waals surface area contributed by atoms with E-state index in [1.807, 2.05) is 0 Å². The van der Waals surface area contributed by atoms with Gasteiger partial charge in [0.25, 0.3) is 0 Å². The lowest BCUT2D eigenvalue weighted by Crippen LogP contribution is -2.43. The summed E-state index contributed by atoms with van der Waals surface area (Å²) in [7, 11) is 0. The van der Waals surface area contributed by atoms with Crippen LogP contribution in [0.4, 0.5) is 5.69 Å². The lowest BCUT2D eigenvalue weighted by Gasteiger charge is -2.31. The topological polar surface area (TPSA) is 24.1 Å². The van der Waals surface area contributed by atoms with Gasteiger partial charge >= 0.3 is 0 Å². The number of para-hydroxylation sites is 1. The maximum atomic E-state index is 3.78. The molecule has 3 rings (SSSR count). The molecule has 0 aromatic heterocycles. The van der Waals surface area contributed by atoms with Gasteiger partial charge in [0.15, 0.2) is 0 Å². The van der Waals surface area contributed by atoms with Crippen LogP contribution in [0.1, 0.15) is 36.8 Å². The first-order valence-electron chi connectivity index (χ1n) is 6.81. The summed E-state index contributed by atoms with van der Waals surface area (Å²) in [4.78, 5) is 0. The summed E-state index contributed by atoms with van der Waals surface area (Å²) in [5.41, 5.74) is 4.10. The van der Waals surface area contributed by atoms with Crippen molar-refractivity contribution in [3.05, 3.63) is 29.3 Å². The molecule has 2 fully saturated rings. The van der Waals surface area contributed by atoms with E-state index in [-0.39, 0.29) is 0 Å². The standard InChI is InChI=1S/C15H22N2/c1-10-4-3-5-11(2)15(10)17-14-8-12-6-7-13(9-14)16-12/h3-5,12-14,16-17H,6-9H2,1-2H3. The van der Waals surface area contributed by atoms with E-state index >= 15 is 0 Å². The Morgan fingerprint density at radius 2 is 1.65 bits per heavy atom. The average molecular weight is 230 g/mol. The van der Waals surface area contributed by atoms with Gasteiger partial charge in [-0.25, -0.2) is 0 Å². The van der Waals surface area contributed by atoms with E-state index in [0.29, 0.717) is 6.04 Å². The quantitative estimate of drug-likeness (QED) is 0.816. The third-order valence-corrected chi connectivity index (χ3v) is 4.30. The second-order valence-corrected chi connectivity index (χ2v) is 5.72. The van der Waals surface area contributed by atoms with Crippen molar-refractivity contribution in [2.45, 2.75) is 57.7 Å². The Bertz CT molecular complexity index is 381. The number of aryl methyl sites for hydroxylation is 2. The predicted molar refractivity (Wildman–Crippen MR) is 72.5 cm³/mol. The third kappa shape index (κ3) is 2.19. The molecule has 2 bridgehead atoms. The van der Waals surface area contributed by atoms with Crippen LogP contribution in [0.2, 0.25) is 0 Å². The molecule has 2 aliphatic heterocycles. The molecule has 0 saturated carbocycles. The SMILES string of the molecule is Cc1cccc(C)c1NC1CC2CCC(C1)N2. The summed E-state index contributed by atoms with van der Waals surface area (Å²) >= 11 is 0. The molecule has 2 N–H and O–H groups in total. The summed E-state index contributed by atoms with van der Waals surface area (Å²) in [6.45, 7) is 4.40. The number of nitrogens with one attached hydrogen (secondary N) is 2. The van der Waals surface area contributed by atoms with Gasteiger partial charge in [0.05, 0.1) is 0 Å². The van der Waals surface area contributed by atoms with Crippen LogP contribution in [0.5, 0.6) is 0 Å². The van der Waals surface area contributed by atoms with Gasteiger partial charge in [-0.05, 0) is 50.7 Å². The molecule has 17 heavy (non-hydrogen) atoms. The van der Waals surface area contributed by atoms with Crippen molar-refractivity contribution >= 4 is 5.69 Å². The molecule has 2 heteroatoms. The van der Waals surface area contributed by atoms with Gasteiger partial charge in [0.2, 0.25) is 0 Å².